The van der Waals surface area contributed by atoms with Gasteiger partial charge < -0.3 is 4.74 Å². The van der Waals surface area contributed by atoms with E-state index in [2.05, 4.69) is 21.2 Å². The number of hydrogen-bond acceptors (Lipinski definition) is 6. The molecule has 0 unspecified atom stereocenters. The SMILES string of the molecule is COc1ccc(-c2nc3ccccc3c3nnc(SCc4cccnc4)n23)cc1. The molecule has 0 amide bonds. The maximum atomic E-state index is 5.30. The van der Waals surface area contributed by atoms with Crippen molar-refractivity contribution >= 4 is 28.3 Å². The number of pyridine rings is 1. The van der Waals surface area contributed by atoms with E-state index in [1.54, 1.807) is 25.1 Å². The molecule has 5 aromatic rings. The van der Waals surface area contributed by atoms with E-state index in [9.17, 15) is 0 Å². The normalized spacial score (nSPS) is 11.2. The highest BCUT2D eigenvalue weighted by Crippen LogP contribution is 2.30. The number of ether oxygens (including phenoxy) is 1. The average Bonchev–Trinajstić information content (AvgIpc) is 3.22. The minimum atomic E-state index is 0.753. The van der Waals surface area contributed by atoms with E-state index in [0.29, 0.717) is 0 Å². The molecular formula is C22H17N5OS. The molecule has 0 bridgehead atoms. The number of hydrogen-bond donors (Lipinski definition) is 0. The van der Waals surface area contributed by atoms with Crippen molar-refractivity contribution in [2.45, 2.75) is 10.9 Å². The van der Waals surface area contributed by atoms with Gasteiger partial charge in [-0.05, 0) is 48.0 Å². The lowest BCUT2D eigenvalue weighted by Gasteiger charge is -2.10. The van der Waals surface area contributed by atoms with Crippen LogP contribution in [0.3, 0.4) is 0 Å². The van der Waals surface area contributed by atoms with Crippen LogP contribution in [-0.2, 0) is 5.75 Å². The summed E-state index contributed by atoms with van der Waals surface area (Å²) in [7, 11) is 1.66. The van der Waals surface area contributed by atoms with Crippen LogP contribution in [0.2, 0.25) is 0 Å². The van der Waals surface area contributed by atoms with E-state index < -0.39 is 0 Å². The Labute approximate surface area is 171 Å². The smallest absolute Gasteiger partial charge is 0.197 e. The quantitative estimate of drug-likeness (QED) is 0.401. The van der Waals surface area contributed by atoms with Gasteiger partial charge in [0.15, 0.2) is 10.8 Å². The second-order valence-electron chi connectivity index (χ2n) is 6.47. The molecule has 2 aromatic carbocycles. The lowest BCUT2D eigenvalue weighted by atomic mass is 10.1. The number of aromatic nitrogens is 5. The summed E-state index contributed by atoms with van der Waals surface area (Å²) in [6.07, 6.45) is 3.65. The van der Waals surface area contributed by atoms with Crippen molar-refractivity contribution in [1.82, 2.24) is 24.6 Å². The van der Waals surface area contributed by atoms with Gasteiger partial charge in [-0.2, -0.15) is 0 Å². The predicted octanol–water partition coefficient (Wildman–Crippen LogP) is 4.64. The Morgan fingerprint density at radius 3 is 2.62 bits per heavy atom. The summed E-state index contributed by atoms with van der Waals surface area (Å²) in [5.74, 6) is 2.37. The van der Waals surface area contributed by atoms with E-state index in [-0.39, 0.29) is 0 Å². The molecule has 0 atom stereocenters. The third kappa shape index (κ3) is 3.30. The van der Waals surface area contributed by atoms with Crippen molar-refractivity contribution in [3.8, 4) is 17.1 Å². The van der Waals surface area contributed by atoms with Gasteiger partial charge in [0, 0.05) is 29.1 Å². The molecule has 0 aliphatic heterocycles. The van der Waals surface area contributed by atoms with Crippen LogP contribution in [0.1, 0.15) is 5.56 Å². The second-order valence-corrected chi connectivity index (χ2v) is 7.42. The standard InChI is InChI=1S/C22H17N5OS/c1-28-17-10-8-16(9-11-17)20-24-19-7-3-2-6-18(19)21-25-26-22(27(20)21)29-14-15-5-4-12-23-13-15/h2-13H,14H2,1H3. The Hall–Kier alpha value is -3.45. The van der Waals surface area contributed by atoms with Crippen LogP contribution in [0.15, 0.2) is 78.2 Å². The highest BCUT2D eigenvalue weighted by atomic mass is 32.2. The van der Waals surface area contributed by atoms with Crippen LogP contribution in [0.4, 0.5) is 0 Å². The summed E-state index contributed by atoms with van der Waals surface area (Å²) in [4.78, 5) is 9.12. The number of para-hydroxylation sites is 1. The molecule has 0 fully saturated rings. The topological polar surface area (TPSA) is 65.2 Å². The van der Waals surface area contributed by atoms with Crippen molar-refractivity contribution < 1.29 is 4.74 Å². The Bertz CT molecular complexity index is 1290. The largest absolute Gasteiger partial charge is 0.497 e. The number of thioether (sulfide) groups is 1. The summed E-state index contributed by atoms with van der Waals surface area (Å²) >= 11 is 1.62. The zero-order valence-corrected chi connectivity index (χ0v) is 16.5. The Balaban J connectivity index is 1.67. The minimum Gasteiger partial charge on any atom is -0.497 e. The van der Waals surface area contributed by atoms with Gasteiger partial charge in [0.25, 0.3) is 0 Å². The average molecular weight is 399 g/mol. The number of fused-ring (bicyclic) bond motifs is 3. The first-order chi connectivity index (χ1) is 14.3. The van der Waals surface area contributed by atoms with Gasteiger partial charge in [-0.25, -0.2) is 4.98 Å². The van der Waals surface area contributed by atoms with Crippen molar-refractivity contribution in [3.05, 3.63) is 78.6 Å². The summed E-state index contributed by atoms with van der Waals surface area (Å²) < 4.78 is 7.33. The summed E-state index contributed by atoms with van der Waals surface area (Å²) in [6.45, 7) is 0. The third-order valence-corrected chi connectivity index (χ3v) is 5.66. The second kappa shape index (κ2) is 7.52. The van der Waals surface area contributed by atoms with Crippen LogP contribution in [0.5, 0.6) is 5.75 Å². The molecule has 0 radical (unpaired) electrons. The molecule has 29 heavy (non-hydrogen) atoms. The summed E-state index contributed by atoms with van der Waals surface area (Å²) in [5.41, 5.74) is 3.80. The van der Waals surface area contributed by atoms with Crippen LogP contribution >= 0.6 is 11.8 Å². The number of nitrogens with zero attached hydrogens (tertiary/aromatic N) is 5. The first-order valence-electron chi connectivity index (χ1n) is 9.13. The van der Waals surface area contributed by atoms with Crippen LogP contribution in [0, 0.1) is 0 Å². The lowest BCUT2D eigenvalue weighted by molar-refractivity contribution is 0.415. The maximum absolute atomic E-state index is 5.30. The number of methoxy groups -OCH3 is 1. The molecule has 6 nitrogen and oxygen atoms in total. The zero-order valence-electron chi connectivity index (χ0n) is 15.7. The molecule has 0 saturated heterocycles. The highest BCUT2D eigenvalue weighted by molar-refractivity contribution is 7.98. The molecule has 3 heterocycles. The van der Waals surface area contributed by atoms with Crippen molar-refractivity contribution in [1.29, 1.82) is 0 Å². The fourth-order valence-corrected chi connectivity index (χ4v) is 4.09. The van der Waals surface area contributed by atoms with Gasteiger partial charge >= 0.3 is 0 Å². The molecular weight excluding hydrogens is 382 g/mol. The minimum absolute atomic E-state index is 0.753. The molecule has 0 aliphatic carbocycles. The van der Waals surface area contributed by atoms with Crippen LogP contribution in [-0.4, -0.2) is 31.7 Å². The summed E-state index contributed by atoms with van der Waals surface area (Å²) in [5, 5.41) is 10.7. The van der Waals surface area contributed by atoms with Crippen LogP contribution in [0.25, 0.3) is 27.9 Å². The van der Waals surface area contributed by atoms with Gasteiger partial charge in [0.2, 0.25) is 0 Å². The summed E-state index contributed by atoms with van der Waals surface area (Å²) in [6, 6.07) is 19.9. The van der Waals surface area contributed by atoms with E-state index in [1.165, 1.54) is 0 Å². The Kier molecular flexibility index (Phi) is 4.57. The van der Waals surface area contributed by atoms with Crippen LogP contribution < -0.4 is 4.74 Å². The fraction of sp³-hybridized carbons (Fsp3) is 0.0909. The molecule has 0 saturated carbocycles. The Morgan fingerprint density at radius 1 is 0.966 bits per heavy atom. The highest BCUT2D eigenvalue weighted by Gasteiger charge is 2.16. The molecule has 0 spiro atoms. The first kappa shape index (κ1) is 17.6. The van der Waals surface area contributed by atoms with Crippen molar-refractivity contribution in [2.24, 2.45) is 0 Å². The lowest BCUT2D eigenvalue weighted by Crippen LogP contribution is -1.99. The third-order valence-electron chi connectivity index (χ3n) is 4.66. The van der Waals surface area contributed by atoms with Gasteiger partial charge in [0.05, 0.1) is 12.6 Å². The van der Waals surface area contributed by atoms with Gasteiger partial charge in [-0.15, -0.1) is 10.2 Å². The number of rotatable bonds is 5. The van der Waals surface area contributed by atoms with E-state index >= 15 is 0 Å². The first-order valence-corrected chi connectivity index (χ1v) is 10.1. The molecule has 142 valence electrons. The molecule has 0 N–H and O–H groups in total. The molecule has 3 aromatic heterocycles. The molecule has 7 heteroatoms. The monoisotopic (exact) mass is 399 g/mol. The fourth-order valence-electron chi connectivity index (χ4n) is 3.22. The van der Waals surface area contributed by atoms with Gasteiger partial charge in [0.1, 0.15) is 11.6 Å². The van der Waals surface area contributed by atoms with E-state index in [4.69, 9.17) is 9.72 Å². The zero-order chi connectivity index (χ0) is 19.6. The molecule has 0 aliphatic rings. The van der Waals surface area contributed by atoms with Crippen molar-refractivity contribution in [3.63, 3.8) is 0 Å². The van der Waals surface area contributed by atoms with E-state index in [0.717, 1.165) is 50.2 Å². The Morgan fingerprint density at radius 2 is 1.83 bits per heavy atom. The van der Waals surface area contributed by atoms with Gasteiger partial charge in [-0.3, -0.25) is 9.38 Å². The van der Waals surface area contributed by atoms with Crippen molar-refractivity contribution in [2.75, 3.05) is 7.11 Å². The predicted molar refractivity (Wildman–Crippen MR) is 114 cm³/mol. The molecule has 5 rings (SSSR count). The van der Waals surface area contributed by atoms with E-state index in [1.807, 2.05) is 65.2 Å². The van der Waals surface area contributed by atoms with Gasteiger partial charge in [-0.1, -0.05) is 30.0 Å². The number of benzene rings is 2. The maximum Gasteiger partial charge on any atom is 0.197 e.